The zero-order valence-electron chi connectivity index (χ0n) is 11.9. The largest absolute Gasteiger partial charge is 0.489 e. The number of hydrogen-bond donors (Lipinski definition) is 2. The summed E-state index contributed by atoms with van der Waals surface area (Å²) >= 11 is 0. The summed E-state index contributed by atoms with van der Waals surface area (Å²) in [7, 11) is 0. The van der Waals surface area contributed by atoms with E-state index in [1.165, 1.54) is 0 Å². The maximum absolute atomic E-state index is 11.2. The van der Waals surface area contributed by atoms with Gasteiger partial charge in [-0.05, 0) is 29.7 Å². The lowest BCUT2D eigenvalue weighted by atomic mass is 9.99. The van der Waals surface area contributed by atoms with Crippen molar-refractivity contribution in [1.29, 1.82) is 0 Å². The highest BCUT2D eigenvalue weighted by molar-refractivity contribution is 5.77. The predicted molar refractivity (Wildman–Crippen MR) is 82.7 cm³/mol. The zero-order valence-corrected chi connectivity index (χ0v) is 11.9. The monoisotopic (exact) mass is 284 g/mol. The number of hydrogen-bond acceptors (Lipinski definition) is 3. The van der Waals surface area contributed by atoms with Gasteiger partial charge in [0.2, 0.25) is 5.91 Å². The molecule has 0 heterocycles. The van der Waals surface area contributed by atoms with E-state index in [-0.39, 0.29) is 18.4 Å². The van der Waals surface area contributed by atoms with Crippen LogP contribution in [0.5, 0.6) is 5.75 Å². The van der Waals surface area contributed by atoms with Crippen molar-refractivity contribution in [3.8, 4) is 5.75 Å². The van der Waals surface area contributed by atoms with Crippen molar-refractivity contribution < 1.29 is 9.53 Å². The minimum absolute atomic E-state index is 0.254. The summed E-state index contributed by atoms with van der Waals surface area (Å²) in [5.41, 5.74) is 13.0. The van der Waals surface area contributed by atoms with E-state index in [0.29, 0.717) is 13.0 Å². The summed E-state index contributed by atoms with van der Waals surface area (Å²) in [6.07, 6.45) is 0.536. The molecular weight excluding hydrogens is 264 g/mol. The summed E-state index contributed by atoms with van der Waals surface area (Å²) in [5, 5.41) is 0. The van der Waals surface area contributed by atoms with Crippen molar-refractivity contribution in [2.24, 2.45) is 17.4 Å². The highest BCUT2D eigenvalue weighted by atomic mass is 16.5. The predicted octanol–water partition coefficient (Wildman–Crippen LogP) is 1.87. The second kappa shape index (κ2) is 7.45. The average molecular weight is 284 g/mol. The van der Waals surface area contributed by atoms with Gasteiger partial charge in [-0.15, -0.1) is 0 Å². The van der Waals surface area contributed by atoms with Gasteiger partial charge in [0.1, 0.15) is 12.4 Å². The third-order valence-corrected chi connectivity index (χ3v) is 3.32. The van der Waals surface area contributed by atoms with Crippen molar-refractivity contribution in [3.05, 3.63) is 65.7 Å². The van der Waals surface area contributed by atoms with Crippen molar-refractivity contribution in [2.75, 3.05) is 6.54 Å². The number of carbonyl (C=O) groups excluding carboxylic acids is 1. The fraction of sp³-hybridized carbons (Fsp3) is 0.235. The first-order valence-corrected chi connectivity index (χ1v) is 6.94. The van der Waals surface area contributed by atoms with Crippen LogP contribution in [0.25, 0.3) is 0 Å². The van der Waals surface area contributed by atoms with Crippen LogP contribution in [0.1, 0.15) is 11.1 Å². The van der Waals surface area contributed by atoms with Gasteiger partial charge in [0.15, 0.2) is 0 Å². The van der Waals surface area contributed by atoms with Crippen LogP contribution in [0.15, 0.2) is 54.6 Å². The lowest BCUT2D eigenvalue weighted by Gasteiger charge is -2.12. The van der Waals surface area contributed by atoms with Crippen molar-refractivity contribution in [3.63, 3.8) is 0 Å². The molecule has 4 N–H and O–H groups in total. The molecule has 4 heteroatoms. The van der Waals surface area contributed by atoms with Gasteiger partial charge in [-0.1, -0.05) is 42.5 Å². The number of rotatable bonds is 7. The van der Waals surface area contributed by atoms with E-state index in [2.05, 4.69) is 0 Å². The molecule has 1 atom stereocenters. The molecule has 0 saturated heterocycles. The summed E-state index contributed by atoms with van der Waals surface area (Å²) in [6, 6.07) is 17.6. The molecule has 2 aromatic carbocycles. The molecule has 0 spiro atoms. The first-order chi connectivity index (χ1) is 10.2. The van der Waals surface area contributed by atoms with E-state index in [1.807, 2.05) is 54.6 Å². The van der Waals surface area contributed by atoms with Crippen LogP contribution in [0.3, 0.4) is 0 Å². The summed E-state index contributed by atoms with van der Waals surface area (Å²) in [4.78, 5) is 11.2. The Morgan fingerprint density at radius 2 is 1.76 bits per heavy atom. The molecule has 0 aliphatic rings. The summed E-state index contributed by atoms with van der Waals surface area (Å²) in [5.74, 6) is 0.0686. The number of nitrogens with two attached hydrogens (primary N) is 2. The molecule has 0 fully saturated rings. The lowest BCUT2D eigenvalue weighted by molar-refractivity contribution is -0.121. The standard InChI is InChI=1S/C17H20N2O2/c18-11-15(17(19)20)9-14-7-4-8-16(10-14)21-12-13-5-2-1-3-6-13/h1-8,10,15H,9,11-12,18H2,(H2,19,20). The molecule has 4 nitrogen and oxygen atoms in total. The van der Waals surface area contributed by atoms with Crippen molar-refractivity contribution in [2.45, 2.75) is 13.0 Å². The highest BCUT2D eigenvalue weighted by Gasteiger charge is 2.14. The van der Waals surface area contributed by atoms with E-state index in [4.69, 9.17) is 16.2 Å². The quantitative estimate of drug-likeness (QED) is 0.814. The third kappa shape index (κ3) is 4.61. The maximum atomic E-state index is 11.2. The molecule has 0 saturated carbocycles. The van der Waals surface area contributed by atoms with Gasteiger partial charge >= 0.3 is 0 Å². The zero-order chi connectivity index (χ0) is 15.1. The second-order valence-corrected chi connectivity index (χ2v) is 4.96. The SMILES string of the molecule is NCC(Cc1cccc(OCc2ccccc2)c1)C(N)=O. The van der Waals surface area contributed by atoms with Crippen LogP contribution in [0, 0.1) is 5.92 Å². The van der Waals surface area contributed by atoms with Crippen LogP contribution < -0.4 is 16.2 Å². The lowest BCUT2D eigenvalue weighted by Crippen LogP contribution is -2.31. The van der Waals surface area contributed by atoms with Crippen LogP contribution in [-0.4, -0.2) is 12.5 Å². The fourth-order valence-corrected chi connectivity index (χ4v) is 2.09. The van der Waals surface area contributed by atoms with Crippen LogP contribution in [0.2, 0.25) is 0 Å². The molecule has 1 unspecified atom stereocenters. The normalized spacial score (nSPS) is 11.9. The maximum Gasteiger partial charge on any atom is 0.222 e. The molecule has 2 aromatic rings. The Bertz CT molecular complexity index is 584. The molecule has 0 bridgehead atoms. The molecule has 0 radical (unpaired) electrons. The number of benzene rings is 2. The van der Waals surface area contributed by atoms with E-state index in [0.717, 1.165) is 16.9 Å². The van der Waals surface area contributed by atoms with Gasteiger partial charge in [0, 0.05) is 6.54 Å². The van der Waals surface area contributed by atoms with Gasteiger partial charge in [-0.3, -0.25) is 4.79 Å². The Morgan fingerprint density at radius 1 is 1.05 bits per heavy atom. The van der Waals surface area contributed by atoms with E-state index in [9.17, 15) is 4.79 Å². The molecule has 21 heavy (non-hydrogen) atoms. The molecular formula is C17H20N2O2. The molecule has 2 rings (SSSR count). The van der Waals surface area contributed by atoms with Crippen LogP contribution >= 0.6 is 0 Å². The van der Waals surface area contributed by atoms with E-state index >= 15 is 0 Å². The molecule has 110 valence electrons. The minimum atomic E-state index is -0.367. The first kappa shape index (κ1) is 15.1. The number of carbonyl (C=O) groups is 1. The van der Waals surface area contributed by atoms with Gasteiger partial charge in [-0.25, -0.2) is 0 Å². The Balaban J connectivity index is 1.99. The molecule has 0 aliphatic heterocycles. The fourth-order valence-electron chi connectivity index (χ4n) is 2.09. The number of amides is 1. The Morgan fingerprint density at radius 3 is 2.43 bits per heavy atom. The van der Waals surface area contributed by atoms with Gasteiger partial charge < -0.3 is 16.2 Å². The average Bonchev–Trinajstić information content (AvgIpc) is 2.52. The molecule has 0 aliphatic carbocycles. The number of ether oxygens (including phenoxy) is 1. The van der Waals surface area contributed by atoms with Crippen LogP contribution in [-0.2, 0) is 17.8 Å². The first-order valence-electron chi connectivity index (χ1n) is 6.94. The van der Waals surface area contributed by atoms with Gasteiger partial charge in [0.25, 0.3) is 0 Å². The third-order valence-electron chi connectivity index (χ3n) is 3.32. The van der Waals surface area contributed by atoms with Crippen molar-refractivity contribution in [1.82, 2.24) is 0 Å². The van der Waals surface area contributed by atoms with Crippen LogP contribution in [0.4, 0.5) is 0 Å². The second-order valence-electron chi connectivity index (χ2n) is 4.96. The highest BCUT2D eigenvalue weighted by Crippen LogP contribution is 2.17. The summed E-state index contributed by atoms with van der Waals surface area (Å²) in [6.45, 7) is 0.769. The molecule has 1 amide bonds. The minimum Gasteiger partial charge on any atom is -0.489 e. The Hall–Kier alpha value is -2.33. The Kier molecular flexibility index (Phi) is 5.35. The number of primary amides is 1. The van der Waals surface area contributed by atoms with Gasteiger partial charge in [0.05, 0.1) is 5.92 Å². The van der Waals surface area contributed by atoms with Crippen molar-refractivity contribution >= 4 is 5.91 Å². The molecule has 0 aromatic heterocycles. The topological polar surface area (TPSA) is 78.3 Å². The Labute approximate surface area is 124 Å². The van der Waals surface area contributed by atoms with Gasteiger partial charge in [-0.2, -0.15) is 0 Å². The van der Waals surface area contributed by atoms with E-state index < -0.39 is 0 Å². The summed E-state index contributed by atoms with van der Waals surface area (Å²) < 4.78 is 5.76. The smallest absolute Gasteiger partial charge is 0.222 e. The van der Waals surface area contributed by atoms with E-state index in [1.54, 1.807) is 0 Å².